The number of anilines is 1. The van der Waals surface area contributed by atoms with Crippen LogP contribution >= 0.6 is 0 Å². The summed E-state index contributed by atoms with van der Waals surface area (Å²) < 4.78 is 37.9. The van der Waals surface area contributed by atoms with E-state index in [0.29, 0.717) is 12.2 Å². The van der Waals surface area contributed by atoms with Gasteiger partial charge in [-0.15, -0.1) is 0 Å². The highest BCUT2D eigenvalue weighted by Gasteiger charge is 2.33. The van der Waals surface area contributed by atoms with Crippen molar-refractivity contribution in [2.24, 2.45) is 0 Å². The predicted molar refractivity (Wildman–Crippen MR) is 64.3 cm³/mol. The molecule has 18 heavy (non-hydrogen) atoms. The van der Waals surface area contributed by atoms with Crippen LogP contribution in [0.3, 0.4) is 0 Å². The zero-order valence-electron chi connectivity index (χ0n) is 10.4. The van der Waals surface area contributed by atoms with E-state index in [1.54, 1.807) is 6.07 Å². The number of alkyl halides is 3. The second kappa shape index (κ2) is 5.76. The van der Waals surface area contributed by atoms with Crippen LogP contribution in [0, 0.1) is 11.3 Å². The number of hydrogen-bond acceptors (Lipinski definition) is 2. The lowest BCUT2D eigenvalue weighted by atomic mass is 10.1. The zero-order chi connectivity index (χ0) is 13.8. The molecule has 0 aliphatic rings. The molecule has 0 fully saturated rings. The van der Waals surface area contributed by atoms with Gasteiger partial charge in [0.2, 0.25) is 0 Å². The SMILES string of the molecule is CCCN(CC)c1ccc(C(F)(F)F)c(C#N)c1. The molecule has 1 rings (SSSR count). The smallest absolute Gasteiger partial charge is 0.372 e. The summed E-state index contributed by atoms with van der Waals surface area (Å²) in [4.78, 5) is 1.95. The minimum Gasteiger partial charge on any atom is -0.372 e. The molecule has 1 aromatic carbocycles. The van der Waals surface area contributed by atoms with Gasteiger partial charge >= 0.3 is 6.18 Å². The Kier molecular flexibility index (Phi) is 4.60. The molecule has 0 unspecified atom stereocenters. The van der Waals surface area contributed by atoms with E-state index >= 15 is 0 Å². The van der Waals surface area contributed by atoms with Crippen LogP contribution in [0.15, 0.2) is 18.2 Å². The summed E-state index contributed by atoms with van der Waals surface area (Å²) in [7, 11) is 0. The molecule has 0 aromatic heterocycles. The highest BCUT2D eigenvalue weighted by molar-refractivity contribution is 5.55. The molecule has 0 bridgehead atoms. The van der Waals surface area contributed by atoms with Crippen molar-refractivity contribution in [3.05, 3.63) is 29.3 Å². The van der Waals surface area contributed by atoms with Crippen LogP contribution < -0.4 is 4.90 Å². The van der Waals surface area contributed by atoms with Gasteiger partial charge in [0, 0.05) is 18.8 Å². The minimum absolute atomic E-state index is 0.324. The molecule has 2 nitrogen and oxygen atoms in total. The molecule has 0 aliphatic carbocycles. The van der Waals surface area contributed by atoms with E-state index in [-0.39, 0.29) is 5.56 Å². The molecule has 0 saturated carbocycles. The summed E-state index contributed by atoms with van der Waals surface area (Å²) in [6, 6.07) is 5.32. The van der Waals surface area contributed by atoms with Crippen molar-refractivity contribution in [1.82, 2.24) is 0 Å². The van der Waals surface area contributed by atoms with E-state index in [2.05, 4.69) is 0 Å². The molecular weight excluding hydrogens is 241 g/mol. The first kappa shape index (κ1) is 14.4. The summed E-state index contributed by atoms with van der Waals surface area (Å²) in [5.74, 6) is 0. The Labute approximate surface area is 105 Å². The van der Waals surface area contributed by atoms with Crippen molar-refractivity contribution in [1.29, 1.82) is 5.26 Å². The number of hydrogen-bond donors (Lipinski definition) is 0. The molecule has 1 aromatic rings. The molecule has 0 aliphatic heterocycles. The normalized spacial score (nSPS) is 11.1. The van der Waals surface area contributed by atoms with Crippen LogP contribution in [0.2, 0.25) is 0 Å². The van der Waals surface area contributed by atoms with Gasteiger partial charge in [-0.2, -0.15) is 18.4 Å². The standard InChI is InChI=1S/C13H15F3N2/c1-3-7-18(4-2)11-5-6-12(13(14,15)16)10(8-11)9-17/h5-6,8H,3-4,7H2,1-2H3. The predicted octanol–water partition coefficient (Wildman–Crippen LogP) is 3.81. The van der Waals surface area contributed by atoms with E-state index in [1.807, 2.05) is 18.7 Å². The maximum Gasteiger partial charge on any atom is 0.417 e. The summed E-state index contributed by atoms with van der Waals surface area (Å²) in [6.45, 7) is 5.38. The largest absolute Gasteiger partial charge is 0.417 e. The Hall–Kier alpha value is -1.70. The second-order valence-electron chi connectivity index (χ2n) is 3.92. The topological polar surface area (TPSA) is 27.0 Å². The Bertz CT molecular complexity index is 447. The third-order valence-corrected chi connectivity index (χ3v) is 2.67. The van der Waals surface area contributed by atoms with Gasteiger partial charge in [0.25, 0.3) is 0 Å². The van der Waals surface area contributed by atoms with Gasteiger partial charge in [-0.3, -0.25) is 0 Å². The lowest BCUT2D eigenvalue weighted by Gasteiger charge is -2.23. The summed E-state index contributed by atoms with van der Waals surface area (Å²) in [5, 5.41) is 8.82. The first-order valence-electron chi connectivity index (χ1n) is 5.80. The summed E-state index contributed by atoms with van der Waals surface area (Å²) in [5.41, 5.74) is -0.542. The molecule has 0 heterocycles. The van der Waals surface area contributed by atoms with Gasteiger partial charge in [-0.25, -0.2) is 0 Å². The van der Waals surface area contributed by atoms with Crippen molar-refractivity contribution in [3.63, 3.8) is 0 Å². The molecule has 5 heteroatoms. The highest BCUT2D eigenvalue weighted by Crippen LogP contribution is 2.33. The molecule has 0 saturated heterocycles. The van der Waals surface area contributed by atoms with E-state index < -0.39 is 11.7 Å². The van der Waals surface area contributed by atoms with Gasteiger partial charge < -0.3 is 4.90 Å². The van der Waals surface area contributed by atoms with Crippen LogP contribution in [0.4, 0.5) is 18.9 Å². The summed E-state index contributed by atoms with van der Waals surface area (Å²) in [6.07, 6.45) is -3.58. The number of benzene rings is 1. The number of rotatable bonds is 4. The highest BCUT2D eigenvalue weighted by atomic mass is 19.4. The first-order chi connectivity index (χ1) is 8.43. The average molecular weight is 256 g/mol. The number of halogens is 3. The van der Waals surface area contributed by atoms with E-state index in [1.165, 1.54) is 12.1 Å². The van der Waals surface area contributed by atoms with Crippen molar-refractivity contribution in [2.45, 2.75) is 26.4 Å². The Morgan fingerprint density at radius 3 is 2.39 bits per heavy atom. The third kappa shape index (κ3) is 3.16. The molecule has 0 atom stereocenters. The van der Waals surface area contributed by atoms with Gasteiger partial charge in [0.15, 0.2) is 0 Å². The van der Waals surface area contributed by atoms with Crippen molar-refractivity contribution >= 4 is 5.69 Å². The summed E-state index contributed by atoms with van der Waals surface area (Å²) >= 11 is 0. The van der Waals surface area contributed by atoms with Crippen molar-refractivity contribution in [2.75, 3.05) is 18.0 Å². The molecular formula is C13H15F3N2. The fraction of sp³-hybridized carbons (Fsp3) is 0.462. The van der Waals surface area contributed by atoms with E-state index in [4.69, 9.17) is 5.26 Å². The van der Waals surface area contributed by atoms with Crippen LogP contribution in [0.25, 0.3) is 0 Å². The van der Waals surface area contributed by atoms with Crippen molar-refractivity contribution in [3.8, 4) is 6.07 Å². The second-order valence-corrected chi connectivity index (χ2v) is 3.92. The third-order valence-electron chi connectivity index (χ3n) is 2.67. The lowest BCUT2D eigenvalue weighted by molar-refractivity contribution is -0.137. The maximum atomic E-state index is 12.6. The number of nitriles is 1. The molecule has 98 valence electrons. The zero-order valence-corrected chi connectivity index (χ0v) is 10.4. The van der Waals surface area contributed by atoms with E-state index in [9.17, 15) is 13.2 Å². The van der Waals surface area contributed by atoms with Crippen LogP contribution in [0.1, 0.15) is 31.4 Å². The van der Waals surface area contributed by atoms with Crippen LogP contribution in [-0.2, 0) is 6.18 Å². The monoisotopic (exact) mass is 256 g/mol. The maximum absolute atomic E-state index is 12.6. The van der Waals surface area contributed by atoms with Gasteiger partial charge in [0.1, 0.15) is 0 Å². The quantitative estimate of drug-likeness (QED) is 0.819. The Morgan fingerprint density at radius 2 is 1.94 bits per heavy atom. The Balaban J connectivity index is 3.17. The van der Waals surface area contributed by atoms with Gasteiger partial charge in [0.05, 0.1) is 17.2 Å². The first-order valence-corrected chi connectivity index (χ1v) is 5.80. The molecule has 0 amide bonds. The Morgan fingerprint density at radius 1 is 1.28 bits per heavy atom. The van der Waals surface area contributed by atoms with Gasteiger partial charge in [-0.1, -0.05) is 6.92 Å². The fourth-order valence-electron chi connectivity index (χ4n) is 1.81. The van der Waals surface area contributed by atoms with Crippen LogP contribution in [0.5, 0.6) is 0 Å². The van der Waals surface area contributed by atoms with Crippen LogP contribution in [-0.4, -0.2) is 13.1 Å². The lowest BCUT2D eigenvalue weighted by Crippen LogP contribution is -2.23. The molecule has 0 N–H and O–H groups in total. The van der Waals surface area contributed by atoms with Gasteiger partial charge in [-0.05, 0) is 31.5 Å². The number of nitrogens with zero attached hydrogens (tertiary/aromatic N) is 2. The molecule has 0 radical (unpaired) electrons. The van der Waals surface area contributed by atoms with Crippen molar-refractivity contribution < 1.29 is 13.2 Å². The average Bonchev–Trinajstić information content (AvgIpc) is 2.34. The molecule has 0 spiro atoms. The van der Waals surface area contributed by atoms with E-state index in [0.717, 1.165) is 19.0 Å². The minimum atomic E-state index is -4.48. The fourth-order valence-corrected chi connectivity index (χ4v) is 1.81.